The lowest BCUT2D eigenvalue weighted by Crippen LogP contribution is -2.54. The van der Waals surface area contributed by atoms with Crippen molar-refractivity contribution < 1.29 is 9.53 Å². The summed E-state index contributed by atoms with van der Waals surface area (Å²) < 4.78 is 5.26. The summed E-state index contributed by atoms with van der Waals surface area (Å²) in [7, 11) is 0. The lowest BCUT2D eigenvalue weighted by atomic mass is 9.87. The fraction of sp³-hybridized carbons (Fsp3) is 0.938. The van der Waals surface area contributed by atoms with Crippen LogP contribution in [0.5, 0.6) is 0 Å². The van der Waals surface area contributed by atoms with Gasteiger partial charge in [0.15, 0.2) is 0 Å². The van der Waals surface area contributed by atoms with E-state index >= 15 is 0 Å². The minimum absolute atomic E-state index is 0.260. The molecule has 21 heavy (non-hydrogen) atoms. The fourth-order valence-corrected chi connectivity index (χ4v) is 2.55. The maximum atomic E-state index is 11.6. The highest BCUT2D eigenvalue weighted by molar-refractivity contribution is 5.68. The topological polar surface area (TPSA) is 53.6 Å². The summed E-state index contributed by atoms with van der Waals surface area (Å²) >= 11 is 0. The number of alkyl carbamates (subject to hydrolysis) is 1. The lowest BCUT2D eigenvalue weighted by Gasteiger charge is -2.37. The molecular formula is C16H33N3O2. The van der Waals surface area contributed by atoms with Gasteiger partial charge in [-0.3, -0.25) is 0 Å². The molecule has 2 N–H and O–H groups in total. The standard InChI is InChI=1S/C16H33N3O2/c1-6-9-19(7-2)10-8-17-13-11-14(12-13)18-15(20)21-16(3,4)5/h13-14,17H,6-12H2,1-5H3,(H,18,20). The first-order valence-corrected chi connectivity index (χ1v) is 8.29. The molecule has 1 rings (SSSR count). The zero-order valence-electron chi connectivity index (χ0n) is 14.4. The Bertz CT molecular complexity index is 309. The van der Waals surface area contributed by atoms with Gasteiger partial charge in [0.25, 0.3) is 0 Å². The summed E-state index contributed by atoms with van der Waals surface area (Å²) in [6, 6.07) is 0.792. The van der Waals surface area contributed by atoms with Crippen molar-refractivity contribution in [2.75, 3.05) is 26.2 Å². The summed E-state index contributed by atoms with van der Waals surface area (Å²) in [6.45, 7) is 14.5. The van der Waals surface area contributed by atoms with E-state index in [1.807, 2.05) is 20.8 Å². The number of rotatable bonds is 8. The molecule has 1 aliphatic carbocycles. The zero-order valence-corrected chi connectivity index (χ0v) is 14.4. The molecule has 124 valence electrons. The van der Waals surface area contributed by atoms with E-state index in [9.17, 15) is 4.79 Å². The third-order valence-electron chi connectivity index (χ3n) is 3.71. The van der Waals surface area contributed by atoms with E-state index in [2.05, 4.69) is 29.4 Å². The maximum Gasteiger partial charge on any atom is 0.407 e. The first kappa shape index (κ1) is 18.2. The molecule has 0 bridgehead atoms. The number of ether oxygens (including phenoxy) is 1. The van der Waals surface area contributed by atoms with Gasteiger partial charge >= 0.3 is 6.09 Å². The van der Waals surface area contributed by atoms with Crippen molar-refractivity contribution in [3.63, 3.8) is 0 Å². The molecule has 0 saturated heterocycles. The molecule has 0 radical (unpaired) electrons. The number of carbonyl (C=O) groups is 1. The smallest absolute Gasteiger partial charge is 0.407 e. The first-order chi connectivity index (χ1) is 9.84. The van der Waals surface area contributed by atoms with Crippen LogP contribution < -0.4 is 10.6 Å². The monoisotopic (exact) mass is 299 g/mol. The molecule has 0 spiro atoms. The Kier molecular flexibility index (Phi) is 7.46. The molecule has 1 fully saturated rings. The van der Waals surface area contributed by atoms with Gasteiger partial charge in [-0.2, -0.15) is 0 Å². The Morgan fingerprint density at radius 2 is 1.86 bits per heavy atom. The predicted octanol–water partition coefficient (Wildman–Crippen LogP) is 2.36. The van der Waals surface area contributed by atoms with Crippen molar-refractivity contribution in [2.45, 2.75) is 71.6 Å². The summed E-state index contributed by atoms with van der Waals surface area (Å²) in [5.41, 5.74) is -0.422. The number of nitrogens with one attached hydrogen (secondary N) is 2. The predicted molar refractivity (Wildman–Crippen MR) is 86.6 cm³/mol. The second-order valence-electron chi connectivity index (χ2n) is 6.90. The number of carbonyl (C=O) groups excluding carboxylic acids is 1. The first-order valence-electron chi connectivity index (χ1n) is 8.29. The molecular weight excluding hydrogens is 266 g/mol. The SMILES string of the molecule is CCCN(CC)CCNC1CC(NC(=O)OC(C)(C)C)C1. The van der Waals surface area contributed by atoms with Crippen LogP contribution in [0.4, 0.5) is 4.79 Å². The van der Waals surface area contributed by atoms with Crippen molar-refractivity contribution in [2.24, 2.45) is 0 Å². The molecule has 0 aromatic heterocycles. The normalized spacial score (nSPS) is 22.0. The highest BCUT2D eigenvalue weighted by Crippen LogP contribution is 2.20. The average Bonchev–Trinajstić information content (AvgIpc) is 2.32. The van der Waals surface area contributed by atoms with Crippen molar-refractivity contribution >= 4 is 6.09 Å². The molecule has 1 saturated carbocycles. The third kappa shape index (κ3) is 7.67. The second-order valence-corrected chi connectivity index (χ2v) is 6.90. The number of nitrogens with zero attached hydrogens (tertiary/aromatic N) is 1. The van der Waals surface area contributed by atoms with Crippen molar-refractivity contribution in [1.29, 1.82) is 0 Å². The number of likely N-dealkylation sites (N-methyl/N-ethyl adjacent to an activating group) is 1. The minimum Gasteiger partial charge on any atom is -0.444 e. The van der Waals surface area contributed by atoms with Crippen LogP contribution in [0.15, 0.2) is 0 Å². The molecule has 0 atom stereocenters. The van der Waals surface area contributed by atoms with E-state index in [0.29, 0.717) is 6.04 Å². The van der Waals surface area contributed by atoms with Crippen molar-refractivity contribution in [3.05, 3.63) is 0 Å². The second kappa shape index (κ2) is 8.59. The van der Waals surface area contributed by atoms with E-state index in [4.69, 9.17) is 4.74 Å². The van der Waals surface area contributed by atoms with Crippen molar-refractivity contribution in [3.8, 4) is 0 Å². The highest BCUT2D eigenvalue weighted by Gasteiger charge is 2.31. The van der Waals surface area contributed by atoms with Gasteiger partial charge in [-0.05, 0) is 53.1 Å². The van der Waals surface area contributed by atoms with Gasteiger partial charge in [0.2, 0.25) is 0 Å². The zero-order chi connectivity index (χ0) is 15.9. The maximum absolute atomic E-state index is 11.6. The summed E-state index contributed by atoms with van der Waals surface area (Å²) in [6.07, 6.45) is 2.91. The van der Waals surface area contributed by atoms with Gasteiger partial charge in [-0.15, -0.1) is 0 Å². The lowest BCUT2D eigenvalue weighted by molar-refractivity contribution is 0.0465. The Labute approximate surface area is 129 Å². The molecule has 0 aliphatic heterocycles. The van der Waals surface area contributed by atoms with Gasteiger partial charge in [0.05, 0.1) is 0 Å². The van der Waals surface area contributed by atoms with Gasteiger partial charge in [0.1, 0.15) is 5.60 Å². The molecule has 5 nitrogen and oxygen atoms in total. The van der Waals surface area contributed by atoms with Crippen LogP contribution in [0.2, 0.25) is 0 Å². The van der Waals surface area contributed by atoms with Crippen LogP contribution in [0.25, 0.3) is 0 Å². The minimum atomic E-state index is -0.422. The van der Waals surface area contributed by atoms with Crippen molar-refractivity contribution in [1.82, 2.24) is 15.5 Å². The summed E-state index contributed by atoms with van der Waals surface area (Å²) in [4.78, 5) is 14.1. The Balaban J connectivity index is 2.07. The Morgan fingerprint density at radius 3 is 2.38 bits per heavy atom. The van der Waals surface area contributed by atoms with E-state index in [0.717, 1.165) is 32.5 Å². The van der Waals surface area contributed by atoms with Crippen LogP contribution in [-0.2, 0) is 4.74 Å². The molecule has 0 unspecified atom stereocenters. The highest BCUT2D eigenvalue weighted by atomic mass is 16.6. The van der Waals surface area contributed by atoms with Crippen LogP contribution in [0.3, 0.4) is 0 Å². The van der Waals surface area contributed by atoms with E-state index in [1.54, 1.807) is 0 Å². The van der Waals surface area contributed by atoms with Crippen LogP contribution in [0.1, 0.15) is 53.9 Å². The van der Waals surface area contributed by atoms with Crippen LogP contribution in [0, 0.1) is 0 Å². The number of hydrogen-bond donors (Lipinski definition) is 2. The van der Waals surface area contributed by atoms with E-state index < -0.39 is 5.60 Å². The fourth-order valence-electron chi connectivity index (χ4n) is 2.55. The molecule has 1 aliphatic rings. The molecule has 0 heterocycles. The Morgan fingerprint density at radius 1 is 1.19 bits per heavy atom. The van der Waals surface area contributed by atoms with E-state index in [1.165, 1.54) is 13.0 Å². The van der Waals surface area contributed by atoms with Crippen LogP contribution in [-0.4, -0.2) is 54.9 Å². The van der Waals surface area contributed by atoms with Gasteiger partial charge < -0.3 is 20.3 Å². The third-order valence-corrected chi connectivity index (χ3v) is 3.71. The molecule has 5 heteroatoms. The number of hydrogen-bond acceptors (Lipinski definition) is 4. The Hall–Kier alpha value is -0.810. The largest absolute Gasteiger partial charge is 0.444 e. The van der Waals surface area contributed by atoms with Gasteiger partial charge in [-0.1, -0.05) is 13.8 Å². The molecule has 1 amide bonds. The molecule has 0 aromatic carbocycles. The number of amides is 1. The summed E-state index contributed by atoms with van der Waals surface area (Å²) in [5, 5.41) is 6.48. The molecule has 0 aromatic rings. The van der Waals surface area contributed by atoms with Gasteiger partial charge in [-0.25, -0.2) is 4.79 Å². The average molecular weight is 299 g/mol. The summed E-state index contributed by atoms with van der Waals surface area (Å²) in [5.74, 6) is 0. The van der Waals surface area contributed by atoms with E-state index in [-0.39, 0.29) is 12.1 Å². The van der Waals surface area contributed by atoms with Crippen LogP contribution >= 0.6 is 0 Å². The quantitative estimate of drug-likeness (QED) is 0.722. The van der Waals surface area contributed by atoms with Gasteiger partial charge in [0, 0.05) is 25.2 Å².